The molecule has 0 radical (unpaired) electrons. The van der Waals surface area contributed by atoms with Crippen molar-refractivity contribution in [1.82, 2.24) is 10.0 Å². The van der Waals surface area contributed by atoms with Gasteiger partial charge in [0, 0.05) is 20.0 Å². The largest absolute Gasteiger partial charge is 0.396 e. The molecule has 8 heteroatoms. The molecule has 19 heavy (non-hydrogen) atoms. The molecule has 0 saturated carbocycles. The van der Waals surface area contributed by atoms with E-state index in [-0.39, 0.29) is 35.0 Å². The maximum Gasteiger partial charge on any atom is 0.240 e. The van der Waals surface area contributed by atoms with Crippen LogP contribution in [0.15, 0.2) is 17.0 Å². The van der Waals surface area contributed by atoms with Crippen LogP contribution in [-0.2, 0) is 14.8 Å². The van der Waals surface area contributed by atoms with Crippen molar-refractivity contribution in [2.24, 2.45) is 0 Å². The molecule has 1 amide bonds. The fourth-order valence-corrected chi connectivity index (χ4v) is 2.58. The molecule has 106 valence electrons. The molecular weight excluding hydrogens is 273 g/mol. The van der Waals surface area contributed by atoms with E-state index in [1.807, 2.05) is 0 Å². The number of benzene rings is 1. The molecular formula is C11H16FN3O3S. The van der Waals surface area contributed by atoms with E-state index in [1.54, 1.807) is 0 Å². The first-order valence-corrected chi connectivity index (χ1v) is 7.02. The first kappa shape index (κ1) is 15.4. The second kappa shape index (κ2) is 5.98. The van der Waals surface area contributed by atoms with Crippen molar-refractivity contribution in [3.05, 3.63) is 23.5 Å². The Morgan fingerprint density at radius 3 is 2.58 bits per heavy atom. The van der Waals surface area contributed by atoms with Gasteiger partial charge < -0.3 is 11.1 Å². The Labute approximate surface area is 111 Å². The van der Waals surface area contributed by atoms with Crippen LogP contribution in [0.1, 0.15) is 12.0 Å². The highest BCUT2D eigenvalue weighted by atomic mass is 32.2. The average Bonchev–Trinajstić information content (AvgIpc) is 2.34. The summed E-state index contributed by atoms with van der Waals surface area (Å²) in [5, 5.41) is 2.37. The molecule has 0 heterocycles. The van der Waals surface area contributed by atoms with Crippen LogP contribution < -0.4 is 15.8 Å². The fourth-order valence-electron chi connectivity index (χ4n) is 1.43. The summed E-state index contributed by atoms with van der Waals surface area (Å²) in [6, 6.07) is 2.23. The van der Waals surface area contributed by atoms with Crippen molar-refractivity contribution in [3.63, 3.8) is 0 Å². The Morgan fingerprint density at radius 1 is 1.42 bits per heavy atom. The second-order valence-corrected chi connectivity index (χ2v) is 5.73. The normalized spacial score (nSPS) is 11.3. The van der Waals surface area contributed by atoms with Crippen LogP contribution >= 0.6 is 0 Å². The number of carbonyl (C=O) groups excluding carboxylic acids is 1. The van der Waals surface area contributed by atoms with Crippen LogP contribution in [0, 0.1) is 12.7 Å². The van der Waals surface area contributed by atoms with E-state index in [1.165, 1.54) is 20.0 Å². The maximum absolute atomic E-state index is 13.3. The SMILES string of the molecule is CNC(=O)CCNS(=O)(=O)c1cc(C)c(F)c(N)c1. The summed E-state index contributed by atoms with van der Waals surface area (Å²) < 4.78 is 39.4. The Hall–Kier alpha value is -1.67. The molecule has 1 rings (SSSR count). The van der Waals surface area contributed by atoms with Crippen molar-refractivity contribution in [2.45, 2.75) is 18.2 Å². The van der Waals surface area contributed by atoms with Crippen LogP contribution in [0.25, 0.3) is 0 Å². The number of hydrogen-bond donors (Lipinski definition) is 3. The first-order chi connectivity index (χ1) is 8.77. The van der Waals surface area contributed by atoms with Gasteiger partial charge in [0.1, 0.15) is 5.82 Å². The molecule has 0 bridgehead atoms. The zero-order valence-electron chi connectivity index (χ0n) is 10.7. The van der Waals surface area contributed by atoms with Crippen molar-refractivity contribution >= 4 is 21.6 Å². The molecule has 1 aromatic rings. The number of hydrogen-bond acceptors (Lipinski definition) is 4. The van der Waals surface area contributed by atoms with Crippen molar-refractivity contribution in [1.29, 1.82) is 0 Å². The molecule has 0 aliphatic carbocycles. The number of anilines is 1. The standard InChI is InChI=1S/C11H16FN3O3S/c1-7-5-8(6-9(13)11(7)12)19(17,18)15-4-3-10(16)14-2/h5-6,15H,3-4,13H2,1-2H3,(H,14,16). The molecule has 0 aliphatic heterocycles. The summed E-state index contributed by atoms with van der Waals surface area (Å²) in [5.74, 6) is -0.915. The van der Waals surface area contributed by atoms with E-state index in [0.29, 0.717) is 0 Å². The molecule has 0 spiro atoms. The Kier molecular flexibility index (Phi) is 4.84. The molecule has 1 aromatic carbocycles. The second-order valence-electron chi connectivity index (χ2n) is 3.96. The predicted octanol–water partition coefficient (Wildman–Crippen LogP) is 0.131. The summed E-state index contributed by atoms with van der Waals surface area (Å²) in [4.78, 5) is 10.8. The van der Waals surface area contributed by atoms with Gasteiger partial charge in [-0.3, -0.25) is 4.79 Å². The third kappa shape index (κ3) is 3.90. The van der Waals surface area contributed by atoms with Crippen LogP contribution in [-0.4, -0.2) is 27.9 Å². The van der Waals surface area contributed by atoms with Gasteiger partial charge in [-0.2, -0.15) is 0 Å². The monoisotopic (exact) mass is 289 g/mol. The lowest BCUT2D eigenvalue weighted by atomic mass is 10.2. The van der Waals surface area contributed by atoms with Gasteiger partial charge >= 0.3 is 0 Å². The zero-order valence-corrected chi connectivity index (χ0v) is 11.5. The summed E-state index contributed by atoms with van der Waals surface area (Å²) >= 11 is 0. The van der Waals surface area contributed by atoms with E-state index in [9.17, 15) is 17.6 Å². The number of nitrogens with one attached hydrogen (secondary N) is 2. The average molecular weight is 289 g/mol. The number of nitrogen functional groups attached to an aromatic ring is 1. The van der Waals surface area contributed by atoms with Crippen molar-refractivity contribution < 1.29 is 17.6 Å². The number of aryl methyl sites for hydroxylation is 1. The number of sulfonamides is 1. The van der Waals surface area contributed by atoms with Crippen LogP contribution in [0.3, 0.4) is 0 Å². The molecule has 0 unspecified atom stereocenters. The minimum Gasteiger partial charge on any atom is -0.396 e. The summed E-state index contributed by atoms with van der Waals surface area (Å²) in [6.07, 6.45) is 0.0192. The number of amides is 1. The van der Waals surface area contributed by atoms with E-state index in [2.05, 4.69) is 10.0 Å². The lowest BCUT2D eigenvalue weighted by Crippen LogP contribution is -2.29. The zero-order chi connectivity index (χ0) is 14.6. The molecule has 4 N–H and O–H groups in total. The highest BCUT2D eigenvalue weighted by molar-refractivity contribution is 7.89. The summed E-state index contributed by atoms with van der Waals surface area (Å²) in [5.41, 5.74) is 5.30. The summed E-state index contributed by atoms with van der Waals surface area (Å²) in [7, 11) is -2.34. The highest BCUT2D eigenvalue weighted by Crippen LogP contribution is 2.20. The maximum atomic E-state index is 13.3. The molecule has 0 aromatic heterocycles. The summed E-state index contributed by atoms with van der Waals surface area (Å²) in [6.45, 7) is 1.38. The fraction of sp³-hybridized carbons (Fsp3) is 0.364. The molecule has 6 nitrogen and oxygen atoms in total. The smallest absolute Gasteiger partial charge is 0.240 e. The Balaban J connectivity index is 2.86. The van der Waals surface area contributed by atoms with Gasteiger partial charge in [0.25, 0.3) is 0 Å². The van der Waals surface area contributed by atoms with Crippen molar-refractivity contribution in [2.75, 3.05) is 19.3 Å². The van der Waals surface area contributed by atoms with Gasteiger partial charge in [0.15, 0.2) is 0 Å². The van der Waals surface area contributed by atoms with Gasteiger partial charge in [0.05, 0.1) is 10.6 Å². The third-order valence-electron chi connectivity index (χ3n) is 2.49. The Bertz CT molecular complexity index is 564. The topological polar surface area (TPSA) is 101 Å². The van der Waals surface area contributed by atoms with Crippen LogP contribution in [0.2, 0.25) is 0 Å². The molecule has 0 saturated heterocycles. The van der Waals surface area contributed by atoms with Crippen molar-refractivity contribution in [3.8, 4) is 0 Å². The minimum absolute atomic E-state index is 0.0192. The molecule has 0 fully saturated rings. The van der Waals surface area contributed by atoms with E-state index >= 15 is 0 Å². The van der Waals surface area contributed by atoms with E-state index in [4.69, 9.17) is 5.73 Å². The highest BCUT2D eigenvalue weighted by Gasteiger charge is 2.17. The quantitative estimate of drug-likeness (QED) is 0.671. The predicted molar refractivity (Wildman–Crippen MR) is 69.4 cm³/mol. The number of halogens is 1. The van der Waals surface area contributed by atoms with Gasteiger partial charge in [-0.05, 0) is 24.6 Å². The lowest BCUT2D eigenvalue weighted by Gasteiger charge is -2.09. The third-order valence-corrected chi connectivity index (χ3v) is 3.93. The molecule has 0 atom stereocenters. The van der Waals surface area contributed by atoms with Gasteiger partial charge in [-0.15, -0.1) is 0 Å². The number of nitrogens with two attached hydrogens (primary N) is 1. The van der Waals surface area contributed by atoms with E-state index < -0.39 is 15.8 Å². The Morgan fingerprint density at radius 2 is 2.05 bits per heavy atom. The lowest BCUT2D eigenvalue weighted by molar-refractivity contribution is -0.120. The molecule has 0 aliphatic rings. The number of rotatable bonds is 5. The van der Waals surface area contributed by atoms with Gasteiger partial charge in [0.2, 0.25) is 15.9 Å². The van der Waals surface area contributed by atoms with Gasteiger partial charge in [-0.25, -0.2) is 17.5 Å². The van der Waals surface area contributed by atoms with Crippen LogP contribution in [0.4, 0.5) is 10.1 Å². The minimum atomic E-state index is -3.80. The van der Waals surface area contributed by atoms with Gasteiger partial charge in [-0.1, -0.05) is 0 Å². The number of carbonyl (C=O) groups is 1. The van der Waals surface area contributed by atoms with E-state index in [0.717, 1.165) is 6.07 Å². The first-order valence-electron chi connectivity index (χ1n) is 5.54. The van der Waals surface area contributed by atoms with Crippen LogP contribution in [0.5, 0.6) is 0 Å².